The van der Waals surface area contributed by atoms with E-state index in [2.05, 4.69) is 4.98 Å². The minimum atomic E-state index is -4.06. The van der Waals surface area contributed by atoms with Crippen LogP contribution in [0.15, 0.2) is 84.6 Å². The van der Waals surface area contributed by atoms with Crippen molar-refractivity contribution >= 4 is 33.8 Å². The second kappa shape index (κ2) is 9.21. The lowest BCUT2D eigenvalue weighted by Crippen LogP contribution is -2.59. The van der Waals surface area contributed by atoms with E-state index in [1.807, 2.05) is 36.4 Å². The number of rotatable bonds is 6. The highest BCUT2D eigenvalue weighted by Crippen LogP contribution is 2.49. The maximum atomic E-state index is 13.6. The molecule has 194 valence electrons. The first-order valence-corrected chi connectivity index (χ1v) is 13.4. The summed E-state index contributed by atoms with van der Waals surface area (Å²) >= 11 is 0. The summed E-state index contributed by atoms with van der Waals surface area (Å²) in [6, 6.07) is 19.3. The van der Waals surface area contributed by atoms with Crippen molar-refractivity contribution < 1.29 is 32.6 Å². The molecule has 5 rings (SSSR count). The summed E-state index contributed by atoms with van der Waals surface area (Å²) in [4.78, 5) is 43.2. The summed E-state index contributed by atoms with van der Waals surface area (Å²) in [6.07, 6.45) is 1.71. The van der Waals surface area contributed by atoms with Crippen LogP contribution in [0.25, 0.3) is 6.08 Å². The molecule has 3 aromatic rings. The average molecular weight is 533 g/mol. The number of amides is 1. The van der Waals surface area contributed by atoms with Crippen LogP contribution in [-0.2, 0) is 24.2 Å². The van der Waals surface area contributed by atoms with Crippen molar-refractivity contribution in [3.63, 3.8) is 0 Å². The Kier molecular flexibility index (Phi) is 6.15. The molecule has 2 aliphatic rings. The Balaban J connectivity index is 1.50. The molecule has 0 spiro atoms. The predicted molar refractivity (Wildman–Crippen MR) is 137 cm³/mol. The fourth-order valence-electron chi connectivity index (χ4n) is 4.91. The molecule has 1 amide bonds. The molecule has 2 aromatic carbocycles. The Labute approximate surface area is 219 Å². The predicted octanol–water partition coefficient (Wildman–Crippen LogP) is 3.24. The van der Waals surface area contributed by atoms with Gasteiger partial charge in [0.25, 0.3) is 5.91 Å². The zero-order valence-electron chi connectivity index (χ0n) is 20.5. The number of carbonyl (C=O) groups is 3. The van der Waals surface area contributed by atoms with E-state index in [0.717, 1.165) is 4.90 Å². The highest BCUT2D eigenvalue weighted by Gasteiger charge is 2.70. The standard InChI is InChI=1S/C28H24N2O7S/c1-28(2)23(27(34)37-22(17-9-5-3-6-10-17)18-11-7-4-8-12-18)30-24(31)21(25(30)38(28,35)36)16-20-15-19(26(32)33)13-14-29-20/h3-16,22-23,25H,1-2H3,(H,32,33)/b21-16-/t23-,25?/m0/s1. The number of hydrogen-bond acceptors (Lipinski definition) is 7. The zero-order valence-corrected chi connectivity index (χ0v) is 21.3. The summed E-state index contributed by atoms with van der Waals surface area (Å²) in [6.45, 7) is 2.81. The number of hydrogen-bond donors (Lipinski definition) is 1. The van der Waals surface area contributed by atoms with Gasteiger partial charge in [0.1, 0.15) is 4.75 Å². The van der Waals surface area contributed by atoms with Gasteiger partial charge < -0.3 is 14.7 Å². The number of esters is 1. The SMILES string of the molecule is CC1(C)[C@H](C(=O)OC(c2ccccc2)c2ccccc2)N2C(=O)/C(=C/c3cc(C(=O)O)ccn3)C2S1(=O)=O. The Hall–Kier alpha value is -4.31. The van der Waals surface area contributed by atoms with E-state index in [9.17, 15) is 27.9 Å². The fourth-order valence-corrected chi connectivity index (χ4v) is 7.02. The van der Waals surface area contributed by atoms with Gasteiger partial charge in [-0.3, -0.25) is 9.78 Å². The summed E-state index contributed by atoms with van der Waals surface area (Å²) in [5.41, 5.74) is 1.38. The van der Waals surface area contributed by atoms with Crippen LogP contribution in [0.3, 0.4) is 0 Å². The highest BCUT2D eigenvalue weighted by atomic mass is 32.2. The molecule has 1 aromatic heterocycles. The number of pyridine rings is 1. The van der Waals surface area contributed by atoms with Gasteiger partial charge in [0.05, 0.1) is 16.8 Å². The monoisotopic (exact) mass is 532 g/mol. The van der Waals surface area contributed by atoms with E-state index >= 15 is 0 Å². The first-order valence-electron chi connectivity index (χ1n) is 11.8. The number of carboxylic acids is 1. The molecule has 3 heterocycles. The molecular weight excluding hydrogens is 508 g/mol. The number of β-lactam (4-membered cyclic amide) rings is 1. The van der Waals surface area contributed by atoms with Crippen molar-refractivity contribution in [2.75, 3.05) is 0 Å². The van der Waals surface area contributed by atoms with Gasteiger partial charge in [-0.15, -0.1) is 0 Å². The number of aromatic carboxylic acids is 1. The van der Waals surface area contributed by atoms with Gasteiger partial charge >= 0.3 is 11.9 Å². The molecule has 38 heavy (non-hydrogen) atoms. The number of carbonyl (C=O) groups excluding carboxylic acids is 2. The molecule has 2 atom stereocenters. The van der Waals surface area contributed by atoms with Crippen LogP contribution in [-0.4, -0.2) is 57.4 Å². The van der Waals surface area contributed by atoms with Gasteiger partial charge in [-0.05, 0) is 43.2 Å². The number of aromatic nitrogens is 1. The maximum Gasteiger partial charge on any atom is 0.335 e. The van der Waals surface area contributed by atoms with Gasteiger partial charge in [0.15, 0.2) is 27.4 Å². The molecule has 10 heteroatoms. The van der Waals surface area contributed by atoms with E-state index in [-0.39, 0.29) is 16.8 Å². The number of ether oxygens (including phenoxy) is 1. The van der Waals surface area contributed by atoms with Crippen molar-refractivity contribution in [2.24, 2.45) is 0 Å². The lowest BCUT2D eigenvalue weighted by atomic mass is 9.94. The Morgan fingerprint density at radius 3 is 2.16 bits per heavy atom. The molecule has 0 aliphatic carbocycles. The minimum absolute atomic E-state index is 0.0561. The van der Waals surface area contributed by atoms with Crippen molar-refractivity contribution in [3.05, 3.63) is 107 Å². The number of carboxylic acid groups (broad SMARTS) is 1. The highest BCUT2D eigenvalue weighted by molar-refractivity contribution is 7.94. The van der Waals surface area contributed by atoms with E-state index in [4.69, 9.17) is 4.74 Å². The Morgan fingerprint density at radius 2 is 1.61 bits per heavy atom. The lowest BCUT2D eigenvalue weighted by Gasteiger charge is -2.38. The summed E-state index contributed by atoms with van der Waals surface area (Å²) in [5, 5.41) is 7.86. The molecule has 0 saturated carbocycles. The van der Waals surface area contributed by atoms with Crippen LogP contribution in [0.1, 0.15) is 47.1 Å². The largest absolute Gasteiger partial charge is 0.478 e. The van der Waals surface area contributed by atoms with E-state index in [1.54, 1.807) is 24.3 Å². The minimum Gasteiger partial charge on any atom is -0.478 e. The van der Waals surface area contributed by atoms with Gasteiger partial charge in [0, 0.05) is 6.20 Å². The first-order chi connectivity index (χ1) is 18.0. The number of fused-ring (bicyclic) bond motifs is 1. The molecule has 0 radical (unpaired) electrons. The van der Waals surface area contributed by atoms with Crippen LogP contribution >= 0.6 is 0 Å². The molecule has 2 saturated heterocycles. The molecule has 1 unspecified atom stereocenters. The second-order valence-electron chi connectivity index (χ2n) is 9.63. The zero-order chi connectivity index (χ0) is 27.2. The summed E-state index contributed by atoms with van der Waals surface area (Å²) in [5.74, 6) is -2.67. The van der Waals surface area contributed by atoms with Crippen molar-refractivity contribution in [1.29, 1.82) is 0 Å². The van der Waals surface area contributed by atoms with E-state index in [1.165, 1.54) is 38.3 Å². The third-order valence-electron chi connectivity index (χ3n) is 6.96. The molecule has 0 bridgehead atoms. The van der Waals surface area contributed by atoms with Crippen molar-refractivity contribution in [1.82, 2.24) is 9.88 Å². The molecule has 9 nitrogen and oxygen atoms in total. The molecule has 2 fully saturated rings. The van der Waals surface area contributed by atoms with E-state index in [0.29, 0.717) is 11.1 Å². The van der Waals surface area contributed by atoms with Gasteiger partial charge in [-0.2, -0.15) is 0 Å². The summed E-state index contributed by atoms with van der Waals surface area (Å²) < 4.78 is 31.5. The quantitative estimate of drug-likeness (QED) is 0.291. The number of nitrogens with zero attached hydrogens (tertiary/aromatic N) is 2. The Bertz CT molecular complexity index is 1530. The third-order valence-corrected chi connectivity index (χ3v) is 9.72. The third kappa shape index (κ3) is 3.97. The average Bonchev–Trinajstić information content (AvgIpc) is 3.06. The molecule has 1 N–H and O–H groups in total. The van der Waals surface area contributed by atoms with Crippen LogP contribution in [0.2, 0.25) is 0 Å². The second-order valence-corrected chi connectivity index (χ2v) is 12.2. The van der Waals surface area contributed by atoms with E-state index < -0.39 is 49.9 Å². The lowest BCUT2D eigenvalue weighted by molar-refractivity contribution is -0.160. The first kappa shape index (κ1) is 25.3. The van der Waals surface area contributed by atoms with Gasteiger partial charge in [-0.1, -0.05) is 60.7 Å². The van der Waals surface area contributed by atoms with Crippen LogP contribution in [0, 0.1) is 0 Å². The van der Waals surface area contributed by atoms with Gasteiger partial charge in [-0.25, -0.2) is 18.0 Å². The van der Waals surface area contributed by atoms with Crippen molar-refractivity contribution in [3.8, 4) is 0 Å². The van der Waals surface area contributed by atoms with Crippen LogP contribution in [0.5, 0.6) is 0 Å². The normalized spacial score (nSPS) is 22.1. The maximum absolute atomic E-state index is 13.6. The fraction of sp³-hybridized carbons (Fsp3) is 0.214. The van der Waals surface area contributed by atoms with Crippen molar-refractivity contribution in [2.45, 2.75) is 36.1 Å². The number of sulfone groups is 1. The van der Waals surface area contributed by atoms with Crippen LogP contribution in [0.4, 0.5) is 0 Å². The van der Waals surface area contributed by atoms with Crippen LogP contribution < -0.4 is 0 Å². The molecular formula is C28H24N2O7S. The molecule has 2 aliphatic heterocycles. The smallest absolute Gasteiger partial charge is 0.335 e. The van der Waals surface area contributed by atoms with Gasteiger partial charge in [0.2, 0.25) is 0 Å². The number of benzene rings is 2. The topological polar surface area (TPSA) is 131 Å². The summed E-state index contributed by atoms with van der Waals surface area (Å²) in [7, 11) is -4.06. The Morgan fingerprint density at radius 1 is 1.03 bits per heavy atom.